The van der Waals surface area contributed by atoms with E-state index in [0.717, 1.165) is 5.92 Å². The summed E-state index contributed by atoms with van der Waals surface area (Å²) in [5.41, 5.74) is 0.971. The highest BCUT2D eigenvalue weighted by Gasteiger charge is 2.47. The minimum absolute atomic E-state index is 0.467. The molecule has 3 aliphatic rings. The molecule has 2 heteroatoms. The van der Waals surface area contributed by atoms with E-state index < -0.39 is 0 Å². The second-order valence-electron chi connectivity index (χ2n) is 8.37. The van der Waals surface area contributed by atoms with Gasteiger partial charge in [0.05, 0.1) is 0 Å². The first kappa shape index (κ1) is 15.8. The summed E-state index contributed by atoms with van der Waals surface area (Å²) in [5.74, 6) is 0.850. The van der Waals surface area contributed by atoms with Crippen molar-refractivity contribution in [3.63, 3.8) is 0 Å². The first-order chi connectivity index (χ1) is 10.2. The molecule has 1 saturated heterocycles. The van der Waals surface area contributed by atoms with Gasteiger partial charge in [-0.3, -0.25) is 4.90 Å². The summed E-state index contributed by atoms with van der Waals surface area (Å²) in [4.78, 5) is 2.96. The molecule has 2 aliphatic carbocycles. The van der Waals surface area contributed by atoms with Gasteiger partial charge in [-0.2, -0.15) is 0 Å². The molecule has 1 N–H and O–H groups in total. The van der Waals surface area contributed by atoms with Crippen LogP contribution in [0.1, 0.15) is 84.5 Å². The van der Waals surface area contributed by atoms with Crippen molar-refractivity contribution in [1.82, 2.24) is 10.2 Å². The van der Waals surface area contributed by atoms with Crippen molar-refractivity contribution in [2.24, 2.45) is 5.92 Å². The van der Waals surface area contributed by atoms with Crippen molar-refractivity contribution in [3.05, 3.63) is 0 Å². The molecule has 0 radical (unpaired) electrons. The zero-order chi connectivity index (χ0) is 14.8. The van der Waals surface area contributed by atoms with Gasteiger partial charge in [-0.1, -0.05) is 58.8 Å². The number of hydrogen-bond acceptors (Lipinski definition) is 2. The molecule has 2 saturated carbocycles. The third-order valence-electron chi connectivity index (χ3n) is 6.78. The largest absolute Gasteiger partial charge is 0.308 e. The fraction of sp³-hybridized carbons (Fsp3) is 1.00. The lowest BCUT2D eigenvalue weighted by molar-refractivity contribution is -0.0372. The number of nitrogens with zero attached hydrogens (tertiary/aromatic N) is 1. The Kier molecular flexibility index (Phi) is 4.95. The molecule has 1 atom stereocenters. The molecule has 0 aromatic heterocycles. The smallest absolute Gasteiger partial charge is 0.0335 e. The van der Waals surface area contributed by atoms with Gasteiger partial charge in [-0.25, -0.2) is 0 Å². The Morgan fingerprint density at radius 2 is 1.57 bits per heavy atom. The molecule has 0 aromatic carbocycles. The molecule has 2 spiro atoms. The molecule has 1 unspecified atom stereocenters. The molecule has 0 aromatic rings. The van der Waals surface area contributed by atoms with Crippen molar-refractivity contribution < 1.29 is 0 Å². The topological polar surface area (TPSA) is 15.3 Å². The molecule has 0 bridgehead atoms. The van der Waals surface area contributed by atoms with Crippen molar-refractivity contribution in [3.8, 4) is 0 Å². The van der Waals surface area contributed by atoms with Gasteiger partial charge in [0.1, 0.15) is 0 Å². The van der Waals surface area contributed by atoms with E-state index in [4.69, 9.17) is 0 Å². The quantitative estimate of drug-likeness (QED) is 0.832. The van der Waals surface area contributed by atoms with Gasteiger partial charge in [-0.15, -0.1) is 0 Å². The molecule has 2 nitrogen and oxygen atoms in total. The van der Waals surface area contributed by atoms with E-state index in [1.807, 2.05) is 0 Å². The van der Waals surface area contributed by atoms with E-state index in [0.29, 0.717) is 11.1 Å². The summed E-state index contributed by atoms with van der Waals surface area (Å²) in [7, 11) is 0. The zero-order valence-electron chi connectivity index (χ0n) is 14.4. The summed E-state index contributed by atoms with van der Waals surface area (Å²) < 4.78 is 0. The Bertz CT molecular complexity index is 326. The molecule has 1 heterocycles. The van der Waals surface area contributed by atoms with Gasteiger partial charge in [0.2, 0.25) is 0 Å². The van der Waals surface area contributed by atoms with Crippen LogP contribution in [0.4, 0.5) is 0 Å². The first-order valence-corrected chi connectivity index (χ1v) is 9.68. The predicted molar refractivity (Wildman–Crippen MR) is 90.7 cm³/mol. The van der Waals surface area contributed by atoms with Crippen LogP contribution < -0.4 is 5.32 Å². The fourth-order valence-corrected chi connectivity index (χ4v) is 5.08. The highest BCUT2D eigenvalue weighted by atomic mass is 15.3. The third kappa shape index (κ3) is 3.32. The van der Waals surface area contributed by atoms with Crippen molar-refractivity contribution in [2.45, 2.75) is 95.6 Å². The minimum Gasteiger partial charge on any atom is -0.308 e. The van der Waals surface area contributed by atoms with E-state index in [1.54, 1.807) is 0 Å². The van der Waals surface area contributed by atoms with Gasteiger partial charge in [-0.05, 0) is 31.6 Å². The number of nitrogens with one attached hydrogen (secondary N) is 1. The second kappa shape index (κ2) is 6.58. The average Bonchev–Trinajstić information content (AvgIpc) is 2.53. The molecule has 3 fully saturated rings. The summed E-state index contributed by atoms with van der Waals surface area (Å²) in [6.07, 6.45) is 15.7. The number of rotatable bonds is 3. The highest BCUT2D eigenvalue weighted by Crippen LogP contribution is 2.41. The van der Waals surface area contributed by atoms with E-state index in [1.165, 1.54) is 90.3 Å². The van der Waals surface area contributed by atoms with Crippen LogP contribution in [-0.4, -0.2) is 35.6 Å². The summed E-state index contributed by atoms with van der Waals surface area (Å²) in [5, 5.41) is 4.07. The predicted octanol–water partition coefficient (Wildman–Crippen LogP) is 4.34. The normalized spacial score (nSPS) is 30.6. The zero-order valence-corrected chi connectivity index (χ0v) is 14.4. The molecule has 0 amide bonds. The van der Waals surface area contributed by atoms with Crippen LogP contribution in [0, 0.1) is 5.92 Å². The van der Waals surface area contributed by atoms with Crippen LogP contribution in [-0.2, 0) is 0 Å². The van der Waals surface area contributed by atoms with E-state index in [-0.39, 0.29) is 0 Å². The lowest BCUT2D eigenvalue weighted by atomic mass is 9.72. The van der Waals surface area contributed by atoms with Gasteiger partial charge in [0.25, 0.3) is 0 Å². The number of piperazine rings is 1. The van der Waals surface area contributed by atoms with Crippen molar-refractivity contribution in [1.29, 1.82) is 0 Å². The molecular formula is C19H36N2. The maximum atomic E-state index is 4.07. The lowest BCUT2D eigenvalue weighted by Crippen LogP contribution is -2.71. The minimum atomic E-state index is 0.467. The maximum absolute atomic E-state index is 4.07. The van der Waals surface area contributed by atoms with Gasteiger partial charge in [0.15, 0.2) is 0 Å². The Hall–Kier alpha value is -0.0800. The maximum Gasteiger partial charge on any atom is 0.0335 e. The Morgan fingerprint density at radius 1 is 0.952 bits per heavy atom. The second-order valence-corrected chi connectivity index (χ2v) is 8.37. The van der Waals surface area contributed by atoms with Crippen molar-refractivity contribution >= 4 is 0 Å². The monoisotopic (exact) mass is 292 g/mol. The van der Waals surface area contributed by atoms with E-state index in [2.05, 4.69) is 24.1 Å². The fourth-order valence-electron chi connectivity index (χ4n) is 5.08. The van der Waals surface area contributed by atoms with Crippen LogP contribution in [0.3, 0.4) is 0 Å². The Morgan fingerprint density at radius 3 is 2.19 bits per heavy atom. The molecule has 3 rings (SSSR count). The summed E-state index contributed by atoms with van der Waals surface area (Å²) >= 11 is 0. The van der Waals surface area contributed by atoms with Crippen LogP contribution in [0.5, 0.6) is 0 Å². The number of hydrogen-bond donors (Lipinski definition) is 1. The average molecular weight is 293 g/mol. The van der Waals surface area contributed by atoms with Crippen LogP contribution >= 0.6 is 0 Å². The Labute approximate surface area is 132 Å². The lowest BCUT2D eigenvalue weighted by Gasteiger charge is -2.58. The van der Waals surface area contributed by atoms with Crippen LogP contribution in [0.15, 0.2) is 0 Å². The summed E-state index contributed by atoms with van der Waals surface area (Å²) in [6, 6.07) is 0. The van der Waals surface area contributed by atoms with Crippen molar-refractivity contribution in [2.75, 3.05) is 19.6 Å². The first-order valence-electron chi connectivity index (χ1n) is 9.68. The standard InChI is InChI=1S/C19H36N2/c1-3-17(2)14-21-16-18(10-6-4-7-11-18)20-15-19(21)12-8-5-9-13-19/h17,20H,3-16H2,1-2H3. The third-order valence-corrected chi connectivity index (χ3v) is 6.78. The molecule has 21 heavy (non-hydrogen) atoms. The van der Waals surface area contributed by atoms with Crippen LogP contribution in [0.2, 0.25) is 0 Å². The SMILES string of the molecule is CCC(C)CN1CC2(CCCCC2)NCC12CCCCC2. The van der Waals surface area contributed by atoms with Gasteiger partial charge >= 0.3 is 0 Å². The van der Waals surface area contributed by atoms with Crippen LogP contribution in [0.25, 0.3) is 0 Å². The van der Waals surface area contributed by atoms with Gasteiger partial charge < -0.3 is 5.32 Å². The van der Waals surface area contributed by atoms with E-state index >= 15 is 0 Å². The molecule has 1 aliphatic heterocycles. The highest BCUT2D eigenvalue weighted by molar-refractivity contribution is 5.07. The molecule has 122 valence electrons. The van der Waals surface area contributed by atoms with E-state index in [9.17, 15) is 0 Å². The molecular weight excluding hydrogens is 256 g/mol. The van der Waals surface area contributed by atoms with Gasteiger partial charge in [0, 0.05) is 30.7 Å². The Balaban J connectivity index is 1.75. The summed E-state index contributed by atoms with van der Waals surface area (Å²) in [6.45, 7) is 8.74.